The van der Waals surface area contributed by atoms with Gasteiger partial charge in [0.25, 0.3) is 0 Å². The minimum Gasteiger partial charge on any atom is -0.460 e. The standard InChI is InChI=1S/C33H39FN2O4/c1-32(2,3)40-29(37)20-25-19-24(38-33(4,5)39-25)15-16-26-30(21-12-13-21)35-28-17-14-22(34)18-27(28)31(26)36(6)23-10-8-7-9-11-23/h7-11,14-18,21,24-25H,12-13,19-20H2,1-6H3/b16-15+/t24-,25-/m1/s1. The minimum absolute atomic E-state index is 0.153. The molecule has 2 aromatic carbocycles. The smallest absolute Gasteiger partial charge is 0.308 e. The van der Waals surface area contributed by atoms with Gasteiger partial charge in [0, 0.05) is 36.0 Å². The van der Waals surface area contributed by atoms with Crippen LogP contribution in [-0.4, -0.2) is 41.6 Å². The molecule has 3 aromatic rings. The lowest BCUT2D eigenvalue weighted by molar-refractivity contribution is -0.290. The summed E-state index contributed by atoms with van der Waals surface area (Å²) >= 11 is 0. The highest BCUT2D eigenvalue weighted by Gasteiger charge is 2.37. The first-order chi connectivity index (χ1) is 18.9. The summed E-state index contributed by atoms with van der Waals surface area (Å²) in [5.41, 5.74) is 4.11. The zero-order valence-corrected chi connectivity index (χ0v) is 24.2. The average Bonchev–Trinajstić information content (AvgIpc) is 3.70. The van der Waals surface area contributed by atoms with E-state index >= 15 is 0 Å². The Balaban J connectivity index is 1.53. The molecule has 40 heavy (non-hydrogen) atoms. The lowest BCUT2D eigenvalue weighted by Crippen LogP contribution is -2.45. The van der Waals surface area contributed by atoms with E-state index in [0.717, 1.165) is 46.4 Å². The van der Waals surface area contributed by atoms with E-state index in [1.807, 2.05) is 78.1 Å². The number of hydrogen-bond acceptors (Lipinski definition) is 6. The number of benzene rings is 2. The van der Waals surface area contributed by atoms with Crippen molar-refractivity contribution in [3.8, 4) is 0 Å². The summed E-state index contributed by atoms with van der Waals surface area (Å²) in [4.78, 5) is 19.7. The first-order valence-corrected chi connectivity index (χ1v) is 14.1. The molecule has 2 aliphatic rings. The largest absolute Gasteiger partial charge is 0.460 e. The predicted octanol–water partition coefficient (Wildman–Crippen LogP) is 7.67. The molecular weight excluding hydrogens is 507 g/mol. The third-order valence-electron chi connectivity index (χ3n) is 7.10. The number of nitrogens with zero attached hydrogens (tertiary/aromatic N) is 2. The van der Waals surface area contributed by atoms with Gasteiger partial charge in [0.2, 0.25) is 0 Å². The number of hydrogen-bond donors (Lipinski definition) is 0. The molecule has 5 rings (SSSR count). The molecule has 212 valence electrons. The van der Waals surface area contributed by atoms with Gasteiger partial charge < -0.3 is 19.1 Å². The van der Waals surface area contributed by atoms with E-state index in [2.05, 4.69) is 11.0 Å². The number of halogens is 1. The van der Waals surface area contributed by atoms with Crippen molar-refractivity contribution in [2.24, 2.45) is 0 Å². The fraction of sp³-hybridized carbons (Fsp3) is 0.455. The van der Waals surface area contributed by atoms with Gasteiger partial charge in [-0.25, -0.2) is 4.39 Å². The zero-order chi connectivity index (χ0) is 28.7. The maximum absolute atomic E-state index is 14.6. The molecule has 0 spiro atoms. The molecule has 1 aliphatic heterocycles. The Hall–Kier alpha value is -3.29. The van der Waals surface area contributed by atoms with E-state index in [1.165, 1.54) is 6.07 Å². The lowest BCUT2D eigenvalue weighted by Gasteiger charge is -2.40. The second kappa shape index (κ2) is 10.9. The Morgan fingerprint density at radius 2 is 1.88 bits per heavy atom. The topological polar surface area (TPSA) is 60.9 Å². The van der Waals surface area contributed by atoms with Gasteiger partial charge in [-0.3, -0.25) is 9.78 Å². The number of rotatable bonds is 7. The highest BCUT2D eigenvalue weighted by atomic mass is 19.1. The Bertz CT molecular complexity index is 1410. The van der Waals surface area contributed by atoms with Crippen LogP contribution in [-0.2, 0) is 19.0 Å². The predicted molar refractivity (Wildman–Crippen MR) is 156 cm³/mol. The third kappa shape index (κ3) is 6.70. The van der Waals surface area contributed by atoms with Crippen LogP contribution in [0.25, 0.3) is 17.0 Å². The van der Waals surface area contributed by atoms with Crippen molar-refractivity contribution >= 4 is 34.3 Å². The van der Waals surface area contributed by atoms with E-state index in [0.29, 0.717) is 12.3 Å². The van der Waals surface area contributed by atoms with E-state index in [1.54, 1.807) is 12.1 Å². The number of fused-ring (bicyclic) bond motifs is 1. The molecule has 1 saturated heterocycles. The number of anilines is 2. The highest BCUT2D eigenvalue weighted by molar-refractivity contribution is 5.99. The number of carbonyl (C=O) groups is 1. The van der Waals surface area contributed by atoms with Crippen LogP contribution < -0.4 is 4.90 Å². The van der Waals surface area contributed by atoms with E-state index < -0.39 is 11.4 Å². The van der Waals surface area contributed by atoms with Crippen LogP contribution in [0.2, 0.25) is 0 Å². The molecule has 0 amide bonds. The Kier molecular flexibility index (Phi) is 7.73. The lowest BCUT2D eigenvalue weighted by atomic mass is 9.99. The molecule has 0 radical (unpaired) electrons. The molecule has 2 fully saturated rings. The number of aromatic nitrogens is 1. The monoisotopic (exact) mass is 546 g/mol. The van der Waals surface area contributed by atoms with Crippen LogP contribution in [0.3, 0.4) is 0 Å². The molecule has 2 heterocycles. The summed E-state index contributed by atoms with van der Waals surface area (Å²) in [7, 11) is 2.01. The van der Waals surface area contributed by atoms with Crippen LogP contribution in [0.4, 0.5) is 15.8 Å². The number of ether oxygens (including phenoxy) is 3. The average molecular weight is 547 g/mol. The fourth-order valence-electron chi connectivity index (χ4n) is 5.39. The van der Waals surface area contributed by atoms with Crippen LogP contribution in [0.15, 0.2) is 54.6 Å². The van der Waals surface area contributed by atoms with Crippen LogP contribution in [0.1, 0.15) is 77.5 Å². The highest BCUT2D eigenvalue weighted by Crippen LogP contribution is 2.46. The van der Waals surface area contributed by atoms with E-state index in [9.17, 15) is 9.18 Å². The Labute approximate surface area is 236 Å². The molecule has 1 saturated carbocycles. The summed E-state index contributed by atoms with van der Waals surface area (Å²) in [6.45, 7) is 9.29. The molecular formula is C33H39FN2O4. The molecule has 0 unspecified atom stereocenters. The molecule has 0 N–H and O–H groups in total. The van der Waals surface area contributed by atoms with Crippen molar-refractivity contribution in [2.45, 2.75) is 89.8 Å². The van der Waals surface area contributed by atoms with Gasteiger partial charge in [-0.15, -0.1) is 0 Å². The van der Waals surface area contributed by atoms with Crippen LogP contribution in [0, 0.1) is 5.82 Å². The van der Waals surface area contributed by atoms with Crippen LogP contribution >= 0.6 is 0 Å². The number of carbonyl (C=O) groups excluding carboxylic acids is 1. The van der Waals surface area contributed by atoms with E-state index in [-0.39, 0.29) is 30.4 Å². The maximum atomic E-state index is 14.6. The van der Waals surface area contributed by atoms with Gasteiger partial charge in [-0.2, -0.15) is 0 Å². The van der Waals surface area contributed by atoms with Crippen molar-refractivity contribution in [3.63, 3.8) is 0 Å². The quantitative estimate of drug-likeness (QED) is 0.283. The normalized spacial score (nSPS) is 21.1. The van der Waals surface area contributed by atoms with Crippen molar-refractivity contribution in [3.05, 3.63) is 71.7 Å². The fourth-order valence-corrected chi connectivity index (χ4v) is 5.39. The van der Waals surface area contributed by atoms with Crippen molar-refractivity contribution < 1.29 is 23.4 Å². The minimum atomic E-state index is -0.867. The summed E-state index contributed by atoms with van der Waals surface area (Å²) in [5.74, 6) is -1.09. The molecule has 2 atom stereocenters. The van der Waals surface area contributed by atoms with Gasteiger partial charge in [-0.1, -0.05) is 30.4 Å². The number of para-hydroxylation sites is 1. The summed E-state index contributed by atoms with van der Waals surface area (Å²) in [6.07, 6.45) is 6.28. The third-order valence-corrected chi connectivity index (χ3v) is 7.10. The van der Waals surface area contributed by atoms with E-state index in [4.69, 9.17) is 19.2 Å². The first-order valence-electron chi connectivity index (χ1n) is 14.1. The van der Waals surface area contributed by atoms with Gasteiger partial charge in [0.1, 0.15) is 11.4 Å². The van der Waals surface area contributed by atoms with Crippen LogP contribution in [0.5, 0.6) is 0 Å². The second-order valence-corrected chi connectivity index (χ2v) is 12.3. The van der Waals surface area contributed by atoms with Gasteiger partial charge in [0.05, 0.1) is 35.5 Å². The maximum Gasteiger partial charge on any atom is 0.308 e. The summed E-state index contributed by atoms with van der Waals surface area (Å²) in [5, 5.41) is 0.756. The van der Waals surface area contributed by atoms with Gasteiger partial charge >= 0.3 is 5.97 Å². The molecule has 0 bridgehead atoms. The van der Waals surface area contributed by atoms with Crippen molar-refractivity contribution in [1.29, 1.82) is 0 Å². The summed E-state index contributed by atoms with van der Waals surface area (Å²) in [6, 6.07) is 14.9. The number of esters is 1. The molecule has 1 aromatic heterocycles. The molecule has 7 heteroatoms. The molecule has 6 nitrogen and oxygen atoms in total. The number of pyridine rings is 1. The van der Waals surface area contributed by atoms with Crippen molar-refractivity contribution in [2.75, 3.05) is 11.9 Å². The first kappa shape index (κ1) is 28.2. The van der Waals surface area contributed by atoms with Gasteiger partial charge in [0.15, 0.2) is 5.79 Å². The summed E-state index contributed by atoms with van der Waals surface area (Å²) < 4.78 is 32.4. The zero-order valence-electron chi connectivity index (χ0n) is 24.2. The second-order valence-electron chi connectivity index (χ2n) is 12.3. The van der Waals surface area contributed by atoms with Crippen molar-refractivity contribution in [1.82, 2.24) is 4.98 Å². The Morgan fingerprint density at radius 3 is 2.55 bits per heavy atom. The SMILES string of the molecule is CN(c1ccccc1)c1c(/C=C/[C@@H]2C[C@H](CC(=O)OC(C)(C)C)OC(C)(C)O2)c(C2CC2)nc2ccc(F)cc12. The molecule has 1 aliphatic carbocycles. The van der Waals surface area contributed by atoms with Gasteiger partial charge in [-0.05, 0) is 77.8 Å². The Morgan fingerprint density at radius 1 is 1.15 bits per heavy atom.